The number of nitrogens with zero attached hydrogens (tertiary/aromatic N) is 2. The molecule has 0 aliphatic carbocycles. The van der Waals surface area contributed by atoms with E-state index in [0.717, 1.165) is 5.56 Å². The lowest BCUT2D eigenvalue weighted by molar-refractivity contribution is 0.0573. The Morgan fingerprint density at radius 2 is 1.93 bits per heavy atom. The van der Waals surface area contributed by atoms with Crippen LogP contribution in [0.3, 0.4) is 0 Å². The average Bonchev–Trinajstić information content (AvgIpc) is 3.10. The smallest absolute Gasteiger partial charge is 0.416 e. The summed E-state index contributed by atoms with van der Waals surface area (Å²) in [5.41, 5.74) is 1.43. The number of aromatic nitrogens is 2. The van der Waals surface area contributed by atoms with E-state index in [9.17, 15) is 14.0 Å². The van der Waals surface area contributed by atoms with Gasteiger partial charge >= 0.3 is 12.1 Å². The number of hydrogen-bond donors (Lipinski definition) is 1. The third-order valence-corrected chi connectivity index (χ3v) is 4.43. The molecule has 0 fully saturated rings. The van der Waals surface area contributed by atoms with Gasteiger partial charge in [-0.25, -0.2) is 19.0 Å². The van der Waals surface area contributed by atoms with Crippen molar-refractivity contribution in [1.82, 2.24) is 9.97 Å². The zero-order valence-electron chi connectivity index (χ0n) is 17.6. The van der Waals surface area contributed by atoms with Crippen molar-refractivity contribution in [3.05, 3.63) is 59.2 Å². The van der Waals surface area contributed by atoms with Crippen molar-refractivity contribution < 1.29 is 23.5 Å². The molecule has 0 aliphatic rings. The van der Waals surface area contributed by atoms with Crippen LogP contribution < -0.4 is 4.90 Å². The molecule has 0 bridgehead atoms. The minimum atomic E-state index is -0.728. The number of methoxy groups -OCH3 is 1. The minimum absolute atomic E-state index is 0.111. The Morgan fingerprint density at radius 3 is 2.57 bits per heavy atom. The van der Waals surface area contributed by atoms with E-state index in [-0.39, 0.29) is 18.1 Å². The van der Waals surface area contributed by atoms with Gasteiger partial charge in [-0.1, -0.05) is 6.07 Å². The van der Waals surface area contributed by atoms with Crippen molar-refractivity contribution in [2.45, 2.75) is 39.8 Å². The Hall–Kier alpha value is -3.42. The number of carbonyl (C=O) groups excluding carboxylic acids is 2. The summed E-state index contributed by atoms with van der Waals surface area (Å²) in [6, 6.07) is 7.71. The van der Waals surface area contributed by atoms with Crippen LogP contribution in [0, 0.1) is 12.7 Å². The number of nitrogens with one attached hydrogen (secondary N) is 1. The number of amides is 1. The molecule has 0 aliphatic heterocycles. The van der Waals surface area contributed by atoms with Crippen LogP contribution in [0.15, 0.2) is 36.5 Å². The van der Waals surface area contributed by atoms with Crippen molar-refractivity contribution in [2.24, 2.45) is 0 Å². The number of benzene rings is 1. The van der Waals surface area contributed by atoms with Gasteiger partial charge in [-0.3, -0.25) is 4.90 Å². The largest absolute Gasteiger partial charge is 0.464 e. The van der Waals surface area contributed by atoms with E-state index >= 15 is 0 Å². The molecule has 2 heterocycles. The number of ether oxygens (including phenoxy) is 2. The molecule has 0 saturated heterocycles. The van der Waals surface area contributed by atoms with Gasteiger partial charge < -0.3 is 14.5 Å². The quantitative estimate of drug-likeness (QED) is 0.625. The number of aryl methyl sites for hydroxylation is 1. The van der Waals surface area contributed by atoms with Crippen molar-refractivity contribution >= 4 is 28.8 Å². The van der Waals surface area contributed by atoms with E-state index in [2.05, 4.69) is 9.97 Å². The summed E-state index contributed by atoms with van der Waals surface area (Å²) < 4.78 is 23.9. The van der Waals surface area contributed by atoms with Gasteiger partial charge in [0.25, 0.3) is 0 Å². The monoisotopic (exact) mass is 413 g/mol. The predicted octanol–water partition coefficient (Wildman–Crippen LogP) is 4.74. The molecule has 1 N–H and O–H groups in total. The molecule has 0 radical (unpaired) electrons. The van der Waals surface area contributed by atoms with Gasteiger partial charge in [0.05, 0.1) is 19.2 Å². The number of fused-ring (bicyclic) bond motifs is 1. The maximum Gasteiger partial charge on any atom is 0.416 e. The van der Waals surface area contributed by atoms with E-state index in [0.29, 0.717) is 22.3 Å². The van der Waals surface area contributed by atoms with Crippen molar-refractivity contribution in [1.29, 1.82) is 0 Å². The molecule has 30 heavy (non-hydrogen) atoms. The van der Waals surface area contributed by atoms with Crippen molar-refractivity contribution in [3.8, 4) is 0 Å². The number of pyridine rings is 1. The van der Waals surface area contributed by atoms with Crippen LogP contribution in [-0.2, 0) is 16.0 Å². The molecule has 0 spiro atoms. The fourth-order valence-electron chi connectivity index (χ4n) is 3.01. The summed E-state index contributed by atoms with van der Waals surface area (Å²) in [5, 5.41) is 0.685. The molecular formula is C22H24FN3O4. The number of aromatic amines is 1. The van der Waals surface area contributed by atoms with Crippen LogP contribution in [-0.4, -0.2) is 34.7 Å². The third kappa shape index (κ3) is 4.59. The van der Waals surface area contributed by atoms with Gasteiger partial charge in [0, 0.05) is 11.6 Å². The topological polar surface area (TPSA) is 84.5 Å². The Labute approximate surface area is 173 Å². The number of H-pyrrole nitrogens is 1. The summed E-state index contributed by atoms with van der Waals surface area (Å²) >= 11 is 0. The molecule has 7 nitrogen and oxygen atoms in total. The van der Waals surface area contributed by atoms with Crippen molar-refractivity contribution in [3.63, 3.8) is 0 Å². The first-order valence-corrected chi connectivity index (χ1v) is 9.40. The Kier molecular flexibility index (Phi) is 5.78. The maximum atomic E-state index is 13.5. The minimum Gasteiger partial charge on any atom is -0.464 e. The molecular weight excluding hydrogens is 389 g/mol. The molecule has 158 valence electrons. The molecule has 2 aromatic heterocycles. The van der Waals surface area contributed by atoms with Crippen LogP contribution in [0.2, 0.25) is 0 Å². The highest BCUT2D eigenvalue weighted by Gasteiger charge is 2.27. The third-order valence-electron chi connectivity index (χ3n) is 4.43. The summed E-state index contributed by atoms with van der Waals surface area (Å²) in [4.78, 5) is 33.7. The normalized spacial score (nSPS) is 11.4. The number of anilines is 1. The molecule has 0 saturated carbocycles. The van der Waals surface area contributed by atoms with Crippen LogP contribution in [0.25, 0.3) is 10.9 Å². The number of esters is 1. The highest BCUT2D eigenvalue weighted by molar-refractivity contribution is 6.02. The Balaban J connectivity index is 2.10. The van der Waals surface area contributed by atoms with Crippen molar-refractivity contribution in [2.75, 3.05) is 12.0 Å². The van der Waals surface area contributed by atoms with Crippen LogP contribution in [0.1, 0.15) is 42.4 Å². The molecule has 1 aromatic carbocycles. The van der Waals surface area contributed by atoms with Gasteiger partial charge in [-0.2, -0.15) is 0 Å². The number of hydrogen-bond acceptors (Lipinski definition) is 5. The van der Waals surface area contributed by atoms with Crippen LogP contribution in [0.4, 0.5) is 15.0 Å². The summed E-state index contributed by atoms with van der Waals surface area (Å²) in [7, 11) is 1.29. The summed E-state index contributed by atoms with van der Waals surface area (Å²) in [6.45, 7) is 7.18. The van der Waals surface area contributed by atoms with Gasteiger partial charge in [0.2, 0.25) is 0 Å². The zero-order chi connectivity index (χ0) is 22.1. The zero-order valence-corrected chi connectivity index (χ0v) is 17.6. The second-order valence-corrected chi connectivity index (χ2v) is 7.91. The molecule has 3 rings (SSSR count). The van der Waals surface area contributed by atoms with E-state index < -0.39 is 17.7 Å². The second kappa shape index (κ2) is 8.14. The van der Waals surface area contributed by atoms with Gasteiger partial charge in [0.15, 0.2) is 5.82 Å². The van der Waals surface area contributed by atoms with E-state index in [1.807, 2.05) is 0 Å². The number of carbonyl (C=O) groups is 2. The highest BCUT2D eigenvalue weighted by atomic mass is 19.1. The molecule has 8 heteroatoms. The Morgan fingerprint density at radius 1 is 1.20 bits per heavy atom. The first kappa shape index (κ1) is 21.3. The average molecular weight is 413 g/mol. The van der Waals surface area contributed by atoms with E-state index in [4.69, 9.17) is 9.47 Å². The van der Waals surface area contributed by atoms with Crippen LogP contribution in [0.5, 0.6) is 0 Å². The highest BCUT2D eigenvalue weighted by Crippen LogP contribution is 2.28. The standard InChI is InChI=1S/C22H24FN3O4/c1-13-10-16(23)7-6-15(13)12-26(21(28)30-22(2,3)4)19-18-14(8-9-24-19)11-17(25-18)20(27)29-5/h6-11,25H,12H2,1-5H3. The van der Waals surface area contributed by atoms with Gasteiger partial charge in [-0.15, -0.1) is 0 Å². The van der Waals surface area contributed by atoms with Crippen LogP contribution >= 0.6 is 0 Å². The lowest BCUT2D eigenvalue weighted by atomic mass is 10.1. The first-order chi connectivity index (χ1) is 14.1. The summed E-state index contributed by atoms with van der Waals surface area (Å²) in [5.74, 6) is -0.594. The predicted molar refractivity (Wildman–Crippen MR) is 111 cm³/mol. The first-order valence-electron chi connectivity index (χ1n) is 9.40. The summed E-state index contributed by atoms with van der Waals surface area (Å²) in [6.07, 6.45) is 0.932. The fraction of sp³-hybridized carbons (Fsp3) is 0.318. The van der Waals surface area contributed by atoms with Gasteiger partial charge in [0.1, 0.15) is 17.1 Å². The second-order valence-electron chi connectivity index (χ2n) is 7.91. The maximum absolute atomic E-state index is 13.5. The van der Waals surface area contributed by atoms with Gasteiger partial charge in [-0.05, 0) is 63.1 Å². The molecule has 0 unspecified atom stereocenters. The number of rotatable bonds is 4. The lowest BCUT2D eigenvalue weighted by Gasteiger charge is -2.27. The SMILES string of the molecule is COC(=O)c1cc2ccnc(N(Cc3ccc(F)cc3C)C(=O)OC(C)(C)C)c2[nH]1. The van der Waals surface area contributed by atoms with E-state index in [1.165, 1.54) is 24.1 Å². The lowest BCUT2D eigenvalue weighted by Crippen LogP contribution is -2.37. The molecule has 1 amide bonds. The molecule has 3 aromatic rings. The fourth-order valence-corrected chi connectivity index (χ4v) is 3.01. The Bertz CT molecular complexity index is 1100. The molecule has 0 atom stereocenters. The van der Waals surface area contributed by atoms with E-state index in [1.54, 1.807) is 52.1 Å². The number of halogens is 1.